The lowest BCUT2D eigenvalue weighted by molar-refractivity contribution is -0.302. The van der Waals surface area contributed by atoms with Gasteiger partial charge in [0.2, 0.25) is 5.91 Å². The van der Waals surface area contributed by atoms with Crippen molar-refractivity contribution < 1.29 is 39.8 Å². The molecule has 7 unspecified atom stereocenters. The summed E-state index contributed by atoms with van der Waals surface area (Å²) < 4.78 is 11.2. The maximum atomic E-state index is 13.0. The van der Waals surface area contributed by atoms with Gasteiger partial charge in [0.25, 0.3) is 0 Å². The first-order chi connectivity index (χ1) is 29.3. The third-order valence-electron chi connectivity index (χ3n) is 12.3. The van der Waals surface area contributed by atoms with E-state index in [0.717, 1.165) is 38.5 Å². The van der Waals surface area contributed by atoms with Crippen LogP contribution >= 0.6 is 0 Å². The maximum absolute atomic E-state index is 13.0. The summed E-state index contributed by atoms with van der Waals surface area (Å²) in [5, 5.41) is 54.1. The topological polar surface area (TPSA) is 149 Å². The number of carbonyl (C=O) groups is 1. The molecule has 6 N–H and O–H groups in total. The van der Waals surface area contributed by atoms with Crippen LogP contribution in [-0.4, -0.2) is 87.5 Å². The first-order valence-electron chi connectivity index (χ1n) is 25.6. The fourth-order valence-electron chi connectivity index (χ4n) is 8.15. The SMILES string of the molecule is CCCCCCCCCC/C=C/C(O)C(COC1OC(CO)C(O)C(O)C1O)NC(=O)CCCCCCCCCCCCC/C=C\CCCCCCCCCCCCCC. The Bertz CT molecular complexity index is 992. The molecule has 60 heavy (non-hydrogen) atoms. The van der Waals surface area contributed by atoms with Crippen molar-refractivity contribution in [3.05, 3.63) is 24.3 Å². The Morgan fingerprint density at radius 1 is 0.550 bits per heavy atom. The molecular weight excluding hydrogens is 755 g/mol. The highest BCUT2D eigenvalue weighted by Gasteiger charge is 2.44. The van der Waals surface area contributed by atoms with Gasteiger partial charge in [0.15, 0.2) is 6.29 Å². The number of carbonyl (C=O) groups excluding carboxylic acids is 1. The van der Waals surface area contributed by atoms with E-state index >= 15 is 0 Å². The summed E-state index contributed by atoms with van der Waals surface area (Å²) >= 11 is 0. The van der Waals surface area contributed by atoms with Crippen molar-refractivity contribution in [1.29, 1.82) is 0 Å². The minimum absolute atomic E-state index is 0.178. The van der Waals surface area contributed by atoms with Crippen LogP contribution < -0.4 is 5.32 Å². The van der Waals surface area contributed by atoms with Crippen molar-refractivity contribution in [3.63, 3.8) is 0 Å². The lowest BCUT2D eigenvalue weighted by atomic mass is 9.99. The van der Waals surface area contributed by atoms with Gasteiger partial charge in [0.1, 0.15) is 24.4 Å². The molecule has 0 aliphatic carbocycles. The Morgan fingerprint density at radius 3 is 1.35 bits per heavy atom. The van der Waals surface area contributed by atoms with E-state index < -0.39 is 49.5 Å². The van der Waals surface area contributed by atoms with Gasteiger partial charge in [0, 0.05) is 6.42 Å². The molecule has 1 saturated heterocycles. The molecule has 1 rings (SSSR count). The van der Waals surface area contributed by atoms with Crippen LogP contribution in [0.25, 0.3) is 0 Å². The van der Waals surface area contributed by atoms with Crippen LogP contribution in [0.2, 0.25) is 0 Å². The summed E-state index contributed by atoms with van der Waals surface area (Å²) in [4.78, 5) is 13.0. The van der Waals surface area contributed by atoms with Crippen LogP contribution in [0.5, 0.6) is 0 Å². The van der Waals surface area contributed by atoms with E-state index in [0.29, 0.717) is 6.42 Å². The quantitative estimate of drug-likeness (QED) is 0.0262. The second-order valence-electron chi connectivity index (χ2n) is 18.0. The number of hydrogen-bond acceptors (Lipinski definition) is 8. The van der Waals surface area contributed by atoms with Gasteiger partial charge in [-0.1, -0.05) is 212 Å². The highest BCUT2D eigenvalue weighted by molar-refractivity contribution is 5.76. The van der Waals surface area contributed by atoms with E-state index in [1.54, 1.807) is 6.08 Å². The fraction of sp³-hybridized carbons (Fsp3) is 0.902. The Balaban J connectivity index is 2.17. The molecule has 1 fully saturated rings. The molecule has 1 aliphatic rings. The minimum atomic E-state index is -1.56. The van der Waals surface area contributed by atoms with Crippen LogP contribution in [0.3, 0.4) is 0 Å². The van der Waals surface area contributed by atoms with Crippen LogP contribution in [0.4, 0.5) is 0 Å². The van der Waals surface area contributed by atoms with Gasteiger partial charge >= 0.3 is 0 Å². The number of allylic oxidation sites excluding steroid dienone is 3. The molecule has 1 amide bonds. The van der Waals surface area contributed by atoms with Gasteiger partial charge < -0.3 is 40.3 Å². The largest absolute Gasteiger partial charge is 0.394 e. The van der Waals surface area contributed by atoms with Crippen LogP contribution in [0, 0.1) is 0 Å². The molecule has 1 heterocycles. The van der Waals surface area contributed by atoms with Gasteiger partial charge in [-0.25, -0.2) is 0 Å². The predicted molar refractivity (Wildman–Crippen MR) is 249 cm³/mol. The number of amides is 1. The highest BCUT2D eigenvalue weighted by Crippen LogP contribution is 2.23. The van der Waals surface area contributed by atoms with Gasteiger partial charge in [0.05, 0.1) is 25.4 Å². The maximum Gasteiger partial charge on any atom is 0.220 e. The molecule has 0 spiro atoms. The monoisotopic (exact) mass is 852 g/mol. The van der Waals surface area contributed by atoms with E-state index in [9.17, 15) is 30.3 Å². The molecule has 0 radical (unpaired) electrons. The summed E-state index contributed by atoms with van der Waals surface area (Å²) in [5.41, 5.74) is 0. The summed E-state index contributed by atoms with van der Waals surface area (Å²) in [6, 6.07) is -0.801. The molecule has 7 atom stereocenters. The molecule has 9 heteroatoms. The van der Waals surface area contributed by atoms with E-state index in [1.165, 1.54) is 180 Å². The van der Waals surface area contributed by atoms with Gasteiger partial charge in [-0.2, -0.15) is 0 Å². The molecular formula is C51H97NO8. The number of nitrogens with one attached hydrogen (secondary N) is 1. The average Bonchev–Trinajstić information content (AvgIpc) is 3.25. The smallest absolute Gasteiger partial charge is 0.220 e. The number of unbranched alkanes of at least 4 members (excludes halogenated alkanes) is 31. The average molecular weight is 852 g/mol. The second-order valence-corrected chi connectivity index (χ2v) is 18.0. The third-order valence-corrected chi connectivity index (χ3v) is 12.3. The number of hydrogen-bond donors (Lipinski definition) is 6. The Hall–Kier alpha value is -1.33. The minimum Gasteiger partial charge on any atom is -0.394 e. The third kappa shape index (κ3) is 31.5. The summed E-state index contributed by atoms with van der Waals surface area (Å²) in [5.74, 6) is -0.178. The number of aliphatic hydroxyl groups is 5. The normalized spacial score (nSPS) is 20.7. The Labute approximate surface area is 369 Å². The molecule has 0 aromatic heterocycles. The molecule has 0 aromatic rings. The molecule has 1 aliphatic heterocycles. The number of ether oxygens (including phenoxy) is 2. The fourth-order valence-corrected chi connectivity index (χ4v) is 8.15. The van der Waals surface area contributed by atoms with Crippen molar-refractivity contribution in [2.45, 2.75) is 281 Å². The molecule has 0 saturated carbocycles. The van der Waals surface area contributed by atoms with E-state index in [4.69, 9.17) is 9.47 Å². The number of aliphatic hydroxyl groups excluding tert-OH is 5. The summed E-state index contributed by atoms with van der Waals surface area (Å²) in [6.07, 6.45) is 43.9. The summed E-state index contributed by atoms with van der Waals surface area (Å²) in [6.45, 7) is 3.76. The predicted octanol–water partition coefficient (Wildman–Crippen LogP) is 11.5. The van der Waals surface area contributed by atoms with Crippen molar-refractivity contribution >= 4 is 5.91 Å². The van der Waals surface area contributed by atoms with Crippen LogP contribution in [0.15, 0.2) is 24.3 Å². The molecule has 354 valence electrons. The first-order valence-corrected chi connectivity index (χ1v) is 25.6. The van der Waals surface area contributed by atoms with Crippen molar-refractivity contribution in [2.75, 3.05) is 13.2 Å². The van der Waals surface area contributed by atoms with Crippen LogP contribution in [0.1, 0.15) is 239 Å². The van der Waals surface area contributed by atoms with Gasteiger partial charge in [-0.3, -0.25) is 4.79 Å². The van der Waals surface area contributed by atoms with Crippen LogP contribution in [-0.2, 0) is 14.3 Å². The van der Waals surface area contributed by atoms with E-state index in [-0.39, 0.29) is 12.5 Å². The van der Waals surface area contributed by atoms with Crippen molar-refractivity contribution in [1.82, 2.24) is 5.32 Å². The zero-order chi connectivity index (χ0) is 43.7. The van der Waals surface area contributed by atoms with Gasteiger partial charge in [-0.05, 0) is 44.9 Å². The van der Waals surface area contributed by atoms with Crippen molar-refractivity contribution in [3.8, 4) is 0 Å². The Kier molecular flexibility index (Phi) is 39.4. The molecule has 9 nitrogen and oxygen atoms in total. The standard InChI is InChI=1S/C51H97NO8/c1-3-5-7-9-11-13-15-16-17-18-19-20-21-22-23-24-25-26-27-28-29-30-31-33-35-37-39-41-47(55)52-44(43-59-51-50(58)49(57)48(56)46(42-53)60-51)45(54)40-38-36-34-32-14-12-10-8-6-4-2/h22-23,38,40,44-46,48-51,53-54,56-58H,3-21,24-37,39,41-43H2,1-2H3,(H,52,55)/b23-22-,40-38+. The highest BCUT2D eigenvalue weighted by atomic mass is 16.7. The zero-order valence-electron chi connectivity index (χ0n) is 39.0. The zero-order valence-corrected chi connectivity index (χ0v) is 39.0. The first kappa shape index (κ1) is 56.7. The van der Waals surface area contributed by atoms with E-state index in [2.05, 4.69) is 31.3 Å². The lowest BCUT2D eigenvalue weighted by Crippen LogP contribution is -2.60. The lowest BCUT2D eigenvalue weighted by Gasteiger charge is -2.40. The summed E-state index contributed by atoms with van der Waals surface area (Å²) in [7, 11) is 0. The second kappa shape index (κ2) is 41.7. The van der Waals surface area contributed by atoms with Crippen molar-refractivity contribution in [2.24, 2.45) is 0 Å². The molecule has 0 bridgehead atoms. The molecule has 0 aromatic carbocycles. The Morgan fingerprint density at radius 2 is 0.933 bits per heavy atom. The van der Waals surface area contributed by atoms with Gasteiger partial charge in [-0.15, -0.1) is 0 Å². The number of rotatable bonds is 43. The van der Waals surface area contributed by atoms with E-state index in [1.807, 2.05) is 6.08 Å².